The minimum Gasteiger partial charge on any atom is -0.493 e. The number of ether oxygens (including phenoxy) is 1. The zero-order chi connectivity index (χ0) is 13.4. The first-order valence-electron chi connectivity index (χ1n) is 6.10. The maximum atomic E-state index is 11.8. The van der Waals surface area contributed by atoms with Crippen LogP contribution in [-0.2, 0) is 10.3 Å². The Balaban J connectivity index is 2.53. The van der Waals surface area contributed by atoms with E-state index in [9.17, 15) is 9.90 Å². The molecule has 1 unspecified atom stereocenters. The summed E-state index contributed by atoms with van der Waals surface area (Å²) < 4.78 is 5.54. The standard InChI is InChI=1S/C14H19NO3/c1-13(2,3)15-14(12(16)17)8-9-18-11-7-5-4-6-10(11)14/h4-7,15H,8-9H2,1-3H3,(H,16,17). The van der Waals surface area contributed by atoms with Crippen molar-refractivity contribution in [1.82, 2.24) is 5.32 Å². The Bertz CT molecular complexity index is 464. The van der Waals surface area contributed by atoms with Gasteiger partial charge in [-0.1, -0.05) is 18.2 Å². The summed E-state index contributed by atoms with van der Waals surface area (Å²) in [6.07, 6.45) is 0.427. The van der Waals surface area contributed by atoms with Gasteiger partial charge in [0.25, 0.3) is 0 Å². The molecule has 1 heterocycles. The van der Waals surface area contributed by atoms with Crippen LogP contribution in [0.4, 0.5) is 0 Å². The fraction of sp³-hybridized carbons (Fsp3) is 0.500. The van der Waals surface area contributed by atoms with E-state index in [0.717, 1.165) is 0 Å². The Kier molecular flexibility index (Phi) is 3.07. The molecule has 1 aliphatic heterocycles. The molecule has 0 radical (unpaired) electrons. The zero-order valence-corrected chi connectivity index (χ0v) is 11.0. The highest BCUT2D eigenvalue weighted by Crippen LogP contribution is 2.38. The van der Waals surface area contributed by atoms with Crippen LogP contribution in [0.1, 0.15) is 32.8 Å². The van der Waals surface area contributed by atoms with Crippen molar-refractivity contribution in [2.75, 3.05) is 6.61 Å². The van der Waals surface area contributed by atoms with E-state index < -0.39 is 11.5 Å². The molecular weight excluding hydrogens is 230 g/mol. The monoisotopic (exact) mass is 249 g/mol. The van der Waals surface area contributed by atoms with E-state index in [2.05, 4.69) is 5.32 Å². The Hall–Kier alpha value is -1.55. The number of carbonyl (C=O) groups is 1. The van der Waals surface area contributed by atoms with E-state index in [-0.39, 0.29) is 5.54 Å². The van der Waals surface area contributed by atoms with Gasteiger partial charge < -0.3 is 9.84 Å². The number of aliphatic carboxylic acids is 1. The van der Waals surface area contributed by atoms with Gasteiger partial charge in [0.2, 0.25) is 0 Å². The third-order valence-corrected chi connectivity index (χ3v) is 3.03. The van der Waals surface area contributed by atoms with Crippen LogP contribution in [0, 0.1) is 0 Å². The van der Waals surface area contributed by atoms with E-state index in [4.69, 9.17) is 4.74 Å². The van der Waals surface area contributed by atoms with Crippen LogP contribution in [0.2, 0.25) is 0 Å². The van der Waals surface area contributed by atoms with E-state index in [1.807, 2.05) is 45.0 Å². The molecule has 98 valence electrons. The lowest BCUT2D eigenvalue weighted by Crippen LogP contribution is -2.58. The van der Waals surface area contributed by atoms with Crippen LogP contribution in [0.5, 0.6) is 5.75 Å². The van der Waals surface area contributed by atoms with Gasteiger partial charge in [0.05, 0.1) is 6.61 Å². The van der Waals surface area contributed by atoms with Gasteiger partial charge in [0.1, 0.15) is 11.3 Å². The second kappa shape index (κ2) is 4.28. The highest BCUT2D eigenvalue weighted by atomic mass is 16.5. The fourth-order valence-electron chi connectivity index (χ4n) is 2.44. The van der Waals surface area contributed by atoms with Crippen molar-refractivity contribution in [3.8, 4) is 5.75 Å². The lowest BCUT2D eigenvalue weighted by molar-refractivity contribution is -0.147. The van der Waals surface area contributed by atoms with Crippen LogP contribution in [0.3, 0.4) is 0 Å². The van der Waals surface area contributed by atoms with Gasteiger partial charge in [-0.3, -0.25) is 5.32 Å². The third-order valence-electron chi connectivity index (χ3n) is 3.03. The number of fused-ring (bicyclic) bond motifs is 1. The summed E-state index contributed by atoms with van der Waals surface area (Å²) in [5, 5.41) is 12.9. The molecule has 0 amide bonds. The maximum absolute atomic E-state index is 11.8. The van der Waals surface area contributed by atoms with Crippen molar-refractivity contribution in [2.45, 2.75) is 38.3 Å². The van der Waals surface area contributed by atoms with Gasteiger partial charge in [-0.25, -0.2) is 4.79 Å². The number of hydrogen-bond acceptors (Lipinski definition) is 3. The molecule has 4 heteroatoms. The normalized spacial score (nSPS) is 23.1. The smallest absolute Gasteiger partial charge is 0.328 e. The highest BCUT2D eigenvalue weighted by molar-refractivity contribution is 5.82. The summed E-state index contributed by atoms with van der Waals surface area (Å²) >= 11 is 0. The van der Waals surface area contributed by atoms with Crippen molar-refractivity contribution < 1.29 is 14.6 Å². The zero-order valence-electron chi connectivity index (χ0n) is 11.0. The first-order valence-corrected chi connectivity index (χ1v) is 6.10. The summed E-state index contributed by atoms with van der Waals surface area (Å²) in [7, 11) is 0. The number of hydrogen-bond donors (Lipinski definition) is 2. The molecule has 2 N–H and O–H groups in total. The van der Waals surface area contributed by atoms with Crippen LogP contribution in [0.15, 0.2) is 24.3 Å². The van der Waals surface area contributed by atoms with E-state index in [0.29, 0.717) is 24.3 Å². The van der Waals surface area contributed by atoms with Gasteiger partial charge in [0.15, 0.2) is 0 Å². The van der Waals surface area contributed by atoms with E-state index >= 15 is 0 Å². The second-order valence-corrected chi connectivity index (χ2v) is 5.68. The lowest BCUT2D eigenvalue weighted by Gasteiger charge is -2.40. The average Bonchev–Trinajstić information content (AvgIpc) is 2.27. The Morgan fingerprint density at radius 3 is 2.67 bits per heavy atom. The predicted molar refractivity (Wildman–Crippen MR) is 68.8 cm³/mol. The van der Waals surface area contributed by atoms with Crippen molar-refractivity contribution >= 4 is 5.97 Å². The van der Waals surface area contributed by atoms with Gasteiger partial charge in [0, 0.05) is 17.5 Å². The molecule has 2 rings (SSSR count). The van der Waals surface area contributed by atoms with Gasteiger partial charge in [-0.2, -0.15) is 0 Å². The minimum absolute atomic E-state index is 0.289. The molecule has 4 nitrogen and oxygen atoms in total. The van der Waals surface area contributed by atoms with Crippen LogP contribution in [0.25, 0.3) is 0 Å². The van der Waals surface area contributed by atoms with Gasteiger partial charge in [-0.05, 0) is 26.8 Å². The van der Waals surface area contributed by atoms with Crippen molar-refractivity contribution in [3.05, 3.63) is 29.8 Å². The molecule has 18 heavy (non-hydrogen) atoms. The molecule has 0 saturated carbocycles. The van der Waals surface area contributed by atoms with Gasteiger partial charge in [-0.15, -0.1) is 0 Å². The number of benzene rings is 1. The Labute approximate surface area is 107 Å². The number of para-hydroxylation sites is 1. The van der Waals surface area contributed by atoms with Crippen LogP contribution >= 0.6 is 0 Å². The van der Waals surface area contributed by atoms with Gasteiger partial charge >= 0.3 is 5.97 Å². The van der Waals surface area contributed by atoms with Crippen LogP contribution < -0.4 is 10.1 Å². The maximum Gasteiger partial charge on any atom is 0.328 e. The number of rotatable bonds is 2. The molecule has 0 fully saturated rings. The molecule has 1 aromatic rings. The van der Waals surface area contributed by atoms with Crippen molar-refractivity contribution in [2.24, 2.45) is 0 Å². The highest BCUT2D eigenvalue weighted by Gasteiger charge is 2.46. The summed E-state index contributed by atoms with van der Waals surface area (Å²) in [5.41, 5.74) is -0.644. The molecule has 0 aromatic heterocycles. The molecule has 0 saturated heterocycles. The van der Waals surface area contributed by atoms with Crippen molar-refractivity contribution in [3.63, 3.8) is 0 Å². The lowest BCUT2D eigenvalue weighted by atomic mass is 9.82. The molecule has 1 aromatic carbocycles. The summed E-state index contributed by atoms with van der Waals surface area (Å²) in [6.45, 7) is 6.31. The topological polar surface area (TPSA) is 58.6 Å². The van der Waals surface area contributed by atoms with E-state index in [1.54, 1.807) is 0 Å². The summed E-state index contributed by atoms with van der Waals surface area (Å²) in [4.78, 5) is 11.8. The molecule has 1 aliphatic rings. The quantitative estimate of drug-likeness (QED) is 0.843. The molecule has 0 bridgehead atoms. The van der Waals surface area contributed by atoms with Crippen LogP contribution in [-0.4, -0.2) is 23.2 Å². The van der Waals surface area contributed by atoms with Crippen molar-refractivity contribution in [1.29, 1.82) is 0 Å². The minimum atomic E-state index is -1.06. The molecule has 1 atom stereocenters. The number of carboxylic acid groups (broad SMARTS) is 1. The first-order chi connectivity index (χ1) is 8.35. The first kappa shape index (κ1) is 12.9. The SMILES string of the molecule is CC(C)(C)NC1(C(=O)O)CCOc2ccccc21. The largest absolute Gasteiger partial charge is 0.493 e. The number of carboxylic acids is 1. The summed E-state index contributed by atoms with van der Waals surface area (Å²) in [5.74, 6) is -0.198. The predicted octanol–water partition coefficient (Wildman–Crippen LogP) is 2.14. The van der Waals surface area contributed by atoms with E-state index in [1.165, 1.54) is 0 Å². The molecule has 0 spiro atoms. The molecular formula is C14H19NO3. The Morgan fingerprint density at radius 1 is 1.39 bits per heavy atom. The molecule has 0 aliphatic carbocycles. The third kappa shape index (κ3) is 2.20. The number of nitrogens with one attached hydrogen (secondary N) is 1. The summed E-state index contributed by atoms with van der Waals surface area (Å²) in [6, 6.07) is 7.33. The second-order valence-electron chi connectivity index (χ2n) is 5.68. The fourth-order valence-corrected chi connectivity index (χ4v) is 2.44. The average molecular weight is 249 g/mol. The Morgan fingerprint density at radius 2 is 2.06 bits per heavy atom.